The average Bonchev–Trinajstić information content (AvgIpc) is 2.50. The molecule has 0 fully saturated rings. The first-order valence-corrected chi connectivity index (χ1v) is 6.36. The van der Waals surface area contributed by atoms with Crippen molar-refractivity contribution in [1.29, 1.82) is 0 Å². The predicted molar refractivity (Wildman–Crippen MR) is 78.2 cm³/mol. The van der Waals surface area contributed by atoms with Gasteiger partial charge < -0.3 is 4.98 Å². The van der Waals surface area contributed by atoms with E-state index in [4.69, 9.17) is 0 Å². The Bertz CT molecular complexity index is 1060. The molecule has 0 amide bonds. The van der Waals surface area contributed by atoms with Crippen LogP contribution in [0.4, 0.5) is 4.39 Å². The number of aromatic amines is 1. The molecule has 0 saturated heterocycles. The van der Waals surface area contributed by atoms with Crippen molar-refractivity contribution in [3.63, 3.8) is 0 Å². The molecule has 2 aromatic heterocycles. The quantitative estimate of drug-likeness (QED) is 0.691. The fraction of sp³-hybridized carbons (Fsp3) is 0.143. The van der Waals surface area contributed by atoms with E-state index in [9.17, 15) is 18.8 Å². The Hall–Kier alpha value is -3.03. The summed E-state index contributed by atoms with van der Waals surface area (Å²) < 4.78 is 15.1. The lowest BCUT2D eigenvalue weighted by molar-refractivity contribution is 0.628. The maximum absolute atomic E-state index is 13.1. The van der Waals surface area contributed by atoms with Gasteiger partial charge in [0.05, 0.1) is 5.69 Å². The first kappa shape index (κ1) is 13.9. The van der Waals surface area contributed by atoms with Crippen molar-refractivity contribution in [2.75, 3.05) is 0 Å². The van der Waals surface area contributed by atoms with E-state index in [-0.39, 0.29) is 16.7 Å². The lowest BCUT2D eigenvalue weighted by atomic mass is 10.1. The van der Waals surface area contributed by atoms with Gasteiger partial charge in [-0.25, -0.2) is 14.0 Å². The molecule has 1 N–H and O–H groups in total. The van der Waals surface area contributed by atoms with E-state index >= 15 is 0 Å². The highest BCUT2D eigenvalue weighted by atomic mass is 19.1. The summed E-state index contributed by atoms with van der Waals surface area (Å²) in [7, 11) is 2.76. The third-order valence-corrected chi connectivity index (χ3v) is 3.46. The normalized spacial score (nSPS) is 11.0. The average molecular weight is 302 g/mol. The van der Waals surface area contributed by atoms with Crippen molar-refractivity contribution in [2.24, 2.45) is 14.1 Å². The molecule has 7 nitrogen and oxygen atoms in total. The third-order valence-electron chi connectivity index (χ3n) is 3.46. The van der Waals surface area contributed by atoms with Gasteiger partial charge in [-0.05, 0) is 29.8 Å². The summed E-state index contributed by atoms with van der Waals surface area (Å²) >= 11 is 0. The first-order valence-electron chi connectivity index (χ1n) is 6.36. The van der Waals surface area contributed by atoms with Gasteiger partial charge in [-0.15, -0.1) is 0 Å². The van der Waals surface area contributed by atoms with E-state index in [0.717, 1.165) is 9.13 Å². The van der Waals surface area contributed by atoms with Crippen LogP contribution in [0.3, 0.4) is 0 Å². The Balaban J connectivity index is 2.56. The number of nitrogens with zero attached hydrogens (tertiary/aromatic N) is 3. The second-order valence-corrected chi connectivity index (χ2v) is 4.83. The summed E-state index contributed by atoms with van der Waals surface area (Å²) in [6, 6.07) is 5.30. The van der Waals surface area contributed by atoms with Crippen molar-refractivity contribution < 1.29 is 4.39 Å². The highest BCUT2D eigenvalue weighted by Crippen LogP contribution is 2.21. The van der Waals surface area contributed by atoms with Gasteiger partial charge in [0.25, 0.3) is 5.56 Å². The summed E-state index contributed by atoms with van der Waals surface area (Å²) in [6.07, 6.45) is 0. The zero-order chi connectivity index (χ0) is 16.0. The van der Waals surface area contributed by atoms with Crippen LogP contribution in [0.5, 0.6) is 0 Å². The van der Waals surface area contributed by atoms with Crippen molar-refractivity contribution in [3.05, 3.63) is 61.4 Å². The number of hydrogen-bond acceptors (Lipinski definition) is 4. The highest BCUT2D eigenvalue weighted by Gasteiger charge is 2.16. The second kappa shape index (κ2) is 4.76. The van der Waals surface area contributed by atoms with Crippen molar-refractivity contribution in [2.45, 2.75) is 0 Å². The second-order valence-electron chi connectivity index (χ2n) is 4.83. The van der Waals surface area contributed by atoms with E-state index in [2.05, 4.69) is 9.97 Å². The molecular formula is C14H11FN4O3. The predicted octanol–water partition coefficient (Wildman–Crippen LogP) is 0.127. The number of aromatic nitrogens is 4. The molecule has 0 spiro atoms. The summed E-state index contributed by atoms with van der Waals surface area (Å²) in [6.45, 7) is 0. The molecule has 0 unspecified atom stereocenters. The Kier molecular flexibility index (Phi) is 3.01. The van der Waals surface area contributed by atoms with Crippen molar-refractivity contribution >= 4 is 11.0 Å². The van der Waals surface area contributed by atoms with Gasteiger partial charge in [-0.3, -0.25) is 13.9 Å². The van der Waals surface area contributed by atoms with Gasteiger partial charge in [0.15, 0.2) is 5.65 Å². The molecule has 1 aromatic carbocycles. The molecule has 3 rings (SSSR count). The number of H-pyrrole nitrogens is 1. The molecule has 112 valence electrons. The lowest BCUT2D eigenvalue weighted by Gasteiger charge is -2.09. The maximum atomic E-state index is 13.1. The van der Waals surface area contributed by atoms with Gasteiger partial charge >= 0.3 is 11.4 Å². The lowest BCUT2D eigenvalue weighted by Crippen LogP contribution is -2.38. The number of benzene rings is 1. The van der Waals surface area contributed by atoms with E-state index in [0.29, 0.717) is 5.56 Å². The van der Waals surface area contributed by atoms with Crippen LogP contribution >= 0.6 is 0 Å². The molecular weight excluding hydrogens is 291 g/mol. The molecule has 2 heterocycles. The van der Waals surface area contributed by atoms with Crippen LogP contribution < -0.4 is 16.9 Å². The molecule has 22 heavy (non-hydrogen) atoms. The Morgan fingerprint density at radius 3 is 2.32 bits per heavy atom. The minimum absolute atomic E-state index is 0.0174. The van der Waals surface area contributed by atoms with Crippen molar-refractivity contribution in [1.82, 2.24) is 19.1 Å². The van der Waals surface area contributed by atoms with Crippen LogP contribution in [0.15, 0.2) is 38.6 Å². The number of fused-ring (bicyclic) bond motifs is 1. The van der Waals surface area contributed by atoms with Crippen molar-refractivity contribution in [3.8, 4) is 11.3 Å². The molecule has 8 heteroatoms. The molecule has 0 bridgehead atoms. The monoisotopic (exact) mass is 302 g/mol. The fourth-order valence-electron chi connectivity index (χ4n) is 2.31. The molecule has 0 saturated carbocycles. The largest absolute Gasteiger partial charge is 0.347 e. The molecule has 0 aliphatic carbocycles. The zero-order valence-corrected chi connectivity index (χ0v) is 11.8. The Labute approximate surface area is 122 Å². The van der Waals surface area contributed by atoms with Crippen LogP contribution in [0.1, 0.15) is 0 Å². The standard InChI is InChI=1S/C14H11FN4O3/c1-18-11-9(12(20)19(2)14(18)22)10(16-13(21)17-11)7-3-5-8(15)6-4-7/h3-6H,1-2H3,(H,16,17,21). The molecule has 0 atom stereocenters. The highest BCUT2D eigenvalue weighted by molar-refractivity contribution is 5.89. The van der Waals surface area contributed by atoms with Crippen LogP contribution in [0.2, 0.25) is 0 Å². The number of hydrogen-bond donors (Lipinski definition) is 1. The fourth-order valence-corrected chi connectivity index (χ4v) is 2.31. The van der Waals surface area contributed by atoms with E-state index in [1.165, 1.54) is 38.4 Å². The smallest absolute Gasteiger partial charge is 0.304 e. The van der Waals surface area contributed by atoms with E-state index < -0.39 is 22.8 Å². The van der Waals surface area contributed by atoms with Gasteiger partial charge in [0.2, 0.25) is 0 Å². The van der Waals surface area contributed by atoms with Gasteiger partial charge in [0.1, 0.15) is 11.2 Å². The van der Waals surface area contributed by atoms with E-state index in [1.807, 2.05) is 0 Å². The SMILES string of the molecule is Cn1c(=O)c2c(-c3ccc(F)cc3)[nH]c(=O)nc2n(C)c1=O. The van der Waals surface area contributed by atoms with Gasteiger partial charge in [0, 0.05) is 14.1 Å². The summed E-state index contributed by atoms with van der Waals surface area (Å²) in [5, 5.41) is 0.0933. The molecule has 0 radical (unpaired) electrons. The Morgan fingerprint density at radius 2 is 1.68 bits per heavy atom. The maximum Gasteiger partial charge on any atom is 0.347 e. The van der Waals surface area contributed by atoms with Crippen LogP contribution in [-0.2, 0) is 14.1 Å². The zero-order valence-electron chi connectivity index (χ0n) is 11.8. The molecule has 3 aromatic rings. The summed E-state index contributed by atoms with van der Waals surface area (Å²) in [5.41, 5.74) is -1.24. The minimum Gasteiger partial charge on any atom is -0.304 e. The minimum atomic E-state index is -0.699. The first-order chi connectivity index (χ1) is 10.4. The van der Waals surface area contributed by atoms with Crippen LogP contribution in [0, 0.1) is 5.82 Å². The van der Waals surface area contributed by atoms with Gasteiger partial charge in [-0.2, -0.15) is 4.98 Å². The summed E-state index contributed by atoms with van der Waals surface area (Å²) in [5.74, 6) is -0.440. The van der Waals surface area contributed by atoms with Crippen LogP contribution in [0.25, 0.3) is 22.3 Å². The number of nitrogens with one attached hydrogen (secondary N) is 1. The van der Waals surface area contributed by atoms with E-state index in [1.54, 1.807) is 0 Å². The van der Waals surface area contributed by atoms with Crippen LogP contribution in [-0.4, -0.2) is 19.1 Å². The Morgan fingerprint density at radius 1 is 1.05 bits per heavy atom. The number of aryl methyl sites for hydroxylation is 1. The molecule has 0 aliphatic rings. The summed E-state index contributed by atoms with van der Waals surface area (Å²) in [4.78, 5) is 42.2. The molecule has 0 aliphatic heterocycles. The number of halogens is 1. The topological polar surface area (TPSA) is 89.8 Å². The van der Waals surface area contributed by atoms with Gasteiger partial charge in [-0.1, -0.05) is 0 Å². The number of rotatable bonds is 1. The third kappa shape index (κ3) is 1.96.